The first-order valence-corrected chi connectivity index (χ1v) is 8.54. The number of hydrogen-bond acceptors (Lipinski definition) is 5. The summed E-state index contributed by atoms with van der Waals surface area (Å²) in [6.45, 7) is 6.24. The highest BCUT2D eigenvalue weighted by Crippen LogP contribution is 2.31. The van der Waals surface area contributed by atoms with Crippen molar-refractivity contribution in [2.75, 3.05) is 13.7 Å². The summed E-state index contributed by atoms with van der Waals surface area (Å²) >= 11 is 0. The predicted molar refractivity (Wildman–Crippen MR) is 90.8 cm³/mol. The molecule has 1 fully saturated rings. The second-order valence-electron chi connectivity index (χ2n) is 6.71. The van der Waals surface area contributed by atoms with Crippen molar-refractivity contribution in [2.45, 2.75) is 52.1 Å². The quantitative estimate of drug-likeness (QED) is 0.829. The molecule has 1 heterocycles. The Labute approximate surface area is 143 Å². The number of ketones is 1. The predicted octanol–water partition coefficient (Wildman–Crippen LogP) is 3.11. The van der Waals surface area contributed by atoms with Crippen molar-refractivity contribution < 1.29 is 24.1 Å². The molecule has 0 saturated carbocycles. The van der Waals surface area contributed by atoms with Gasteiger partial charge in [0.25, 0.3) is 0 Å². The van der Waals surface area contributed by atoms with Gasteiger partial charge in [0.15, 0.2) is 6.29 Å². The van der Waals surface area contributed by atoms with E-state index in [4.69, 9.17) is 14.2 Å². The summed E-state index contributed by atoms with van der Waals surface area (Å²) in [4.78, 5) is 12.4. The lowest BCUT2D eigenvalue weighted by Crippen LogP contribution is -2.37. The highest BCUT2D eigenvalue weighted by Gasteiger charge is 2.32. The number of carbonyl (C=O) groups is 1. The smallest absolute Gasteiger partial charge is 0.184 e. The van der Waals surface area contributed by atoms with Gasteiger partial charge in [-0.1, -0.05) is 32.9 Å². The molecule has 1 aliphatic rings. The fourth-order valence-electron chi connectivity index (χ4n) is 2.70. The molecule has 0 unspecified atom stereocenters. The topological polar surface area (TPSA) is 65.0 Å². The van der Waals surface area contributed by atoms with Gasteiger partial charge in [-0.25, -0.2) is 0 Å². The van der Waals surface area contributed by atoms with Crippen molar-refractivity contribution in [1.82, 2.24) is 0 Å². The Hall–Kier alpha value is -1.43. The summed E-state index contributed by atoms with van der Waals surface area (Å²) in [6, 6.07) is 7.53. The van der Waals surface area contributed by atoms with E-state index in [1.165, 1.54) is 0 Å². The van der Waals surface area contributed by atoms with E-state index < -0.39 is 12.4 Å². The summed E-state index contributed by atoms with van der Waals surface area (Å²) in [5, 5.41) is 9.93. The van der Waals surface area contributed by atoms with Crippen LogP contribution in [0.25, 0.3) is 0 Å². The summed E-state index contributed by atoms with van der Waals surface area (Å²) in [5.41, 5.74) is 0.905. The maximum absolute atomic E-state index is 12.4. The van der Waals surface area contributed by atoms with E-state index in [2.05, 4.69) is 0 Å². The van der Waals surface area contributed by atoms with E-state index >= 15 is 0 Å². The molecule has 0 radical (unpaired) electrons. The minimum atomic E-state index is -0.600. The molecule has 0 aliphatic carbocycles. The molecule has 0 bridgehead atoms. The van der Waals surface area contributed by atoms with Crippen molar-refractivity contribution in [3.05, 3.63) is 29.8 Å². The van der Waals surface area contributed by atoms with E-state index in [1.807, 2.05) is 45.0 Å². The van der Waals surface area contributed by atoms with Gasteiger partial charge in [0.2, 0.25) is 0 Å². The number of ether oxygens (including phenoxy) is 3. The van der Waals surface area contributed by atoms with Crippen molar-refractivity contribution >= 4 is 5.78 Å². The molecule has 1 aromatic rings. The third-order valence-corrected chi connectivity index (χ3v) is 4.60. The number of aliphatic hydroxyl groups excluding tert-OH is 1. The lowest BCUT2D eigenvalue weighted by atomic mass is 9.90. The normalized spacial score (nSPS) is 23.8. The van der Waals surface area contributed by atoms with E-state index in [0.717, 1.165) is 11.3 Å². The van der Waals surface area contributed by atoms with Crippen LogP contribution in [0, 0.1) is 11.8 Å². The molecule has 0 amide bonds. The molecular formula is C19H28O5. The molecule has 5 heteroatoms. The van der Waals surface area contributed by atoms with Crippen LogP contribution in [0.15, 0.2) is 24.3 Å². The fourth-order valence-corrected chi connectivity index (χ4v) is 2.70. The van der Waals surface area contributed by atoms with Gasteiger partial charge in [0.05, 0.1) is 25.9 Å². The second-order valence-corrected chi connectivity index (χ2v) is 6.71. The van der Waals surface area contributed by atoms with Gasteiger partial charge in [-0.3, -0.25) is 4.79 Å². The average Bonchev–Trinajstić information content (AvgIpc) is 2.61. The zero-order valence-corrected chi connectivity index (χ0v) is 14.9. The van der Waals surface area contributed by atoms with Crippen LogP contribution in [0.1, 0.15) is 45.5 Å². The van der Waals surface area contributed by atoms with Crippen LogP contribution in [-0.4, -0.2) is 36.8 Å². The first-order valence-electron chi connectivity index (χ1n) is 8.54. The Morgan fingerprint density at radius 1 is 1.29 bits per heavy atom. The third-order valence-electron chi connectivity index (χ3n) is 4.60. The van der Waals surface area contributed by atoms with Gasteiger partial charge in [-0.2, -0.15) is 0 Å². The standard InChI is InChI=1S/C19H28O5/c1-12(2)16(20)11-17(21)13(3)18-9-10-23-19(24-18)14-5-7-15(22-4)8-6-14/h5-8,12-13,16,18-20H,9-11H2,1-4H3/t13-,16-,18-,19-/m0/s1. The van der Waals surface area contributed by atoms with Gasteiger partial charge >= 0.3 is 0 Å². The lowest BCUT2D eigenvalue weighted by Gasteiger charge is -2.33. The summed E-state index contributed by atoms with van der Waals surface area (Å²) in [6.07, 6.45) is -0.417. The molecule has 134 valence electrons. The third kappa shape index (κ3) is 4.79. The molecule has 0 aromatic heterocycles. The highest BCUT2D eigenvalue weighted by atomic mass is 16.7. The number of methoxy groups -OCH3 is 1. The van der Waals surface area contributed by atoms with Crippen molar-refractivity contribution in [3.63, 3.8) is 0 Å². The Morgan fingerprint density at radius 3 is 2.54 bits per heavy atom. The number of rotatable bonds is 7. The monoisotopic (exact) mass is 336 g/mol. The molecular weight excluding hydrogens is 308 g/mol. The molecule has 5 nitrogen and oxygen atoms in total. The molecule has 1 aliphatic heterocycles. The Balaban J connectivity index is 1.97. The van der Waals surface area contributed by atoms with Crippen LogP contribution in [0.4, 0.5) is 0 Å². The van der Waals surface area contributed by atoms with Gasteiger partial charge in [-0.15, -0.1) is 0 Å². The second kappa shape index (κ2) is 8.60. The van der Waals surface area contributed by atoms with Crippen molar-refractivity contribution in [3.8, 4) is 5.75 Å². The average molecular weight is 336 g/mol. The van der Waals surface area contributed by atoms with E-state index in [9.17, 15) is 9.90 Å². The minimum absolute atomic E-state index is 0.0385. The first-order chi connectivity index (χ1) is 11.4. The zero-order valence-electron chi connectivity index (χ0n) is 14.9. The molecule has 1 aromatic carbocycles. The van der Waals surface area contributed by atoms with Crippen LogP contribution in [0.5, 0.6) is 5.75 Å². The molecule has 0 spiro atoms. The zero-order chi connectivity index (χ0) is 17.7. The Kier molecular flexibility index (Phi) is 6.78. The lowest BCUT2D eigenvalue weighted by molar-refractivity contribution is -0.227. The Bertz CT molecular complexity index is 525. The summed E-state index contributed by atoms with van der Waals surface area (Å²) in [7, 11) is 1.62. The van der Waals surface area contributed by atoms with Crippen LogP contribution in [0.3, 0.4) is 0 Å². The number of hydrogen-bond donors (Lipinski definition) is 1. The molecule has 2 rings (SSSR count). The SMILES string of the molecule is COc1ccc([C@H]2OCC[C@@H]([C@@H](C)C(=O)C[C@H](O)C(C)C)O2)cc1. The number of Topliss-reactive ketones (excluding diaryl/α,β-unsaturated/α-hetero) is 1. The fraction of sp³-hybridized carbons (Fsp3) is 0.632. The molecule has 24 heavy (non-hydrogen) atoms. The minimum Gasteiger partial charge on any atom is -0.497 e. The highest BCUT2D eigenvalue weighted by molar-refractivity contribution is 5.81. The molecule has 4 atom stereocenters. The van der Waals surface area contributed by atoms with Gasteiger partial charge in [-0.05, 0) is 24.5 Å². The number of benzene rings is 1. The Morgan fingerprint density at radius 2 is 1.96 bits per heavy atom. The van der Waals surface area contributed by atoms with Crippen LogP contribution >= 0.6 is 0 Å². The van der Waals surface area contributed by atoms with Crippen molar-refractivity contribution in [2.24, 2.45) is 11.8 Å². The molecule has 1 saturated heterocycles. The van der Waals surface area contributed by atoms with Gasteiger partial charge < -0.3 is 19.3 Å². The summed E-state index contributed by atoms with van der Waals surface area (Å²) in [5.74, 6) is 0.626. The van der Waals surface area contributed by atoms with E-state index in [-0.39, 0.29) is 30.1 Å². The van der Waals surface area contributed by atoms with E-state index in [1.54, 1.807) is 7.11 Å². The first kappa shape index (κ1) is 18.9. The van der Waals surface area contributed by atoms with Crippen LogP contribution in [0.2, 0.25) is 0 Å². The van der Waals surface area contributed by atoms with E-state index in [0.29, 0.717) is 13.0 Å². The number of aliphatic hydroxyl groups is 1. The van der Waals surface area contributed by atoms with Crippen molar-refractivity contribution in [1.29, 1.82) is 0 Å². The largest absolute Gasteiger partial charge is 0.497 e. The van der Waals surface area contributed by atoms with Crippen LogP contribution in [-0.2, 0) is 14.3 Å². The number of carbonyl (C=O) groups excluding carboxylic acids is 1. The summed E-state index contributed by atoms with van der Waals surface area (Å²) < 4.78 is 16.9. The van der Waals surface area contributed by atoms with Gasteiger partial charge in [0, 0.05) is 17.9 Å². The maximum Gasteiger partial charge on any atom is 0.184 e. The molecule has 1 N–H and O–H groups in total. The van der Waals surface area contributed by atoms with Crippen LogP contribution < -0.4 is 4.74 Å². The maximum atomic E-state index is 12.4. The van der Waals surface area contributed by atoms with Gasteiger partial charge in [0.1, 0.15) is 11.5 Å².